The highest BCUT2D eigenvalue weighted by molar-refractivity contribution is 6.30. The third kappa shape index (κ3) is 3.13. The van der Waals surface area contributed by atoms with Crippen LogP contribution in [-0.2, 0) is 11.3 Å². The zero-order chi connectivity index (χ0) is 16.3. The summed E-state index contributed by atoms with van der Waals surface area (Å²) in [5.41, 5.74) is -0.689. The van der Waals surface area contributed by atoms with Crippen LogP contribution in [-0.4, -0.2) is 18.5 Å². The van der Waals surface area contributed by atoms with Crippen molar-refractivity contribution in [2.75, 3.05) is 13.9 Å². The van der Waals surface area contributed by atoms with Crippen molar-refractivity contribution in [3.8, 4) is 17.0 Å². The van der Waals surface area contributed by atoms with E-state index in [2.05, 4.69) is 4.74 Å². The fourth-order valence-electron chi connectivity index (χ4n) is 2.09. The minimum Gasteiger partial charge on any atom is -0.467 e. The molecule has 22 heavy (non-hydrogen) atoms. The van der Waals surface area contributed by atoms with Gasteiger partial charge in [-0.1, -0.05) is 11.6 Å². The van der Waals surface area contributed by atoms with Crippen LogP contribution in [0.25, 0.3) is 11.3 Å². The van der Waals surface area contributed by atoms with E-state index < -0.39 is 17.2 Å². The Morgan fingerprint density at radius 3 is 2.41 bits per heavy atom. The summed E-state index contributed by atoms with van der Waals surface area (Å²) in [6.45, 7) is 1.79. The van der Waals surface area contributed by atoms with Gasteiger partial charge in [-0.15, -0.1) is 0 Å². The highest BCUT2D eigenvalue weighted by Gasteiger charge is 2.18. The van der Waals surface area contributed by atoms with Gasteiger partial charge in [0.1, 0.15) is 22.4 Å². The molecule has 0 aliphatic rings. The number of benzene rings is 1. The Hall–Kier alpha value is -1.92. The summed E-state index contributed by atoms with van der Waals surface area (Å²) in [7, 11) is 1.40. The fourth-order valence-corrected chi connectivity index (χ4v) is 2.25. The minimum absolute atomic E-state index is 0.0000380. The number of ether oxygens (including phenoxy) is 2. The van der Waals surface area contributed by atoms with Crippen molar-refractivity contribution in [1.29, 1.82) is 0 Å². The van der Waals surface area contributed by atoms with Gasteiger partial charge in [-0.2, -0.15) is 0 Å². The molecular weight excluding hydrogens is 316 g/mol. The van der Waals surface area contributed by atoms with Gasteiger partial charge in [-0.05, 0) is 19.1 Å². The van der Waals surface area contributed by atoms with Crippen molar-refractivity contribution < 1.29 is 18.3 Å². The normalized spacial score (nSPS) is 10.8. The van der Waals surface area contributed by atoms with E-state index in [0.29, 0.717) is 0 Å². The lowest BCUT2D eigenvalue weighted by molar-refractivity contribution is 0.0507. The molecule has 0 bridgehead atoms. The smallest absolute Gasteiger partial charge is 0.269 e. The largest absolute Gasteiger partial charge is 0.467 e. The summed E-state index contributed by atoms with van der Waals surface area (Å²) >= 11 is 5.76. The highest BCUT2D eigenvalue weighted by Crippen LogP contribution is 2.29. The molecule has 0 atom stereocenters. The number of pyridine rings is 1. The summed E-state index contributed by atoms with van der Waals surface area (Å²) in [6, 6.07) is 4.80. The summed E-state index contributed by atoms with van der Waals surface area (Å²) < 4.78 is 39.4. The maximum Gasteiger partial charge on any atom is 0.269 e. The molecule has 0 radical (unpaired) electrons. The van der Waals surface area contributed by atoms with Crippen molar-refractivity contribution >= 4 is 11.6 Å². The van der Waals surface area contributed by atoms with Crippen LogP contribution in [0.1, 0.15) is 6.92 Å². The monoisotopic (exact) mass is 329 g/mol. The topological polar surface area (TPSA) is 40.5 Å². The van der Waals surface area contributed by atoms with Crippen molar-refractivity contribution in [2.24, 2.45) is 0 Å². The van der Waals surface area contributed by atoms with Gasteiger partial charge in [0.15, 0.2) is 6.79 Å². The number of methoxy groups -OCH3 is 1. The van der Waals surface area contributed by atoms with Crippen LogP contribution in [0.3, 0.4) is 0 Å². The number of rotatable bonds is 5. The summed E-state index contributed by atoms with van der Waals surface area (Å²) in [5, 5.41) is -0.00790. The molecule has 0 fully saturated rings. The number of hydrogen-bond acceptors (Lipinski definition) is 3. The Morgan fingerprint density at radius 1 is 1.23 bits per heavy atom. The Labute approximate surface area is 130 Å². The van der Waals surface area contributed by atoms with Gasteiger partial charge in [0.25, 0.3) is 5.56 Å². The molecule has 0 aliphatic carbocycles. The molecule has 2 aromatic rings. The minimum atomic E-state index is -0.838. The van der Waals surface area contributed by atoms with E-state index >= 15 is 0 Å². The number of halogens is 3. The molecule has 7 heteroatoms. The van der Waals surface area contributed by atoms with Gasteiger partial charge in [-0.25, -0.2) is 8.78 Å². The predicted octanol–water partition coefficient (Wildman–Crippen LogP) is 3.45. The molecule has 1 aromatic heterocycles. The van der Waals surface area contributed by atoms with Gasteiger partial charge in [0.2, 0.25) is 0 Å². The van der Waals surface area contributed by atoms with E-state index in [1.165, 1.54) is 23.8 Å². The van der Waals surface area contributed by atoms with E-state index in [1.807, 2.05) is 0 Å². The van der Waals surface area contributed by atoms with Crippen molar-refractivity contribution in [1.82, 2.24) is 4.57 Å². The average molecular weight is 330 g/mol. The fraction of sp³-hybridized carbons (Fsp3) is 0.267. The molecule has 0 saturated heterocycles. The van der Waals surface area contributed by atoms with Gasteiger partial charge in [-0.3, -0.25) is 4.79 Å². The molecule has 118 valence electrons. The van der Waals surface area contributed by atoms with Crippen LogP contribution >= 0.6 is 11.6 Å². The molecule has 1 aromatic carbocycles. The highest BCUT2D eigenvalue weighted by atomic mass is 35.5. The third-order valence-corrected chi connectivity index (χ3v) is 3.35. The van der Waals surface area contributed by atoms with Crippen molar-refractivity contribution in [2.45, 2.75) is 13.5 Å². The molecule has 2 rings (SSSR count). The second-order valence-electron chi connectivity index (χ2n) is 4.43. The Morgan fingerprint density at radius 2 is 1.86 bits per heavy atom. The summed E-state index contributed by atoms with van der Waals surface area (Å²) in [6.07, 6.45) is 0. The van der Waals surface area contributed by atoms with Gasteiger partial charge < -0.3 is 14.0 Å². The first-order valence-corrected chi connectivity index (χ1v) is 6.87. The van der Waals surface area contributed by atoms with E-state index in [9.17, 15) is 13.6 Å². The van der Waals surface area contributed by atoms with E-state index in [0.717, 1.165) is 12.1 Å². The Balaban J connectivity index is 2.59. The molecule has 1 heterocycles. The van der Waals surface area contributed by atoms with E-state index in [-0.39, 0.29) is 35.4 Å². The number of nitrogens with zero attached hydrogens (tertiary/aromatic N) is 1. The van der Waals surface area contributed by atoms with Gasteiger partial charge >= 0.3 is 0 Å². The van der Waals surface area contributed by atoms with Gasteiger partial charge in [0, 0.05) is 25.8 Å². The molecule has 0 spiro atoms. The third-order valence-electron chi connectivity index (χ3n) is 3.06. The lowest BCUT2D eigenvalue weighted by Crippen LogP contribution is -2.21. The summed E-state index contributed by atoms with van der Waals surface area (Å²) in [4.78, 5) is 12.0. The second-order valence-corrected chi connectivity index (χ2v) is 4.84. The zero-order valence-corrected chi connectivity index (χ0v) is 12.8. The number of aromatic nitrogens is 1. The Kier molecular flexibility index (Phi) is 5.15. The SMILES string of the molecule is CCn1c(-c2c(F)cc(OCOC)cc2F)ccc(Cl)c1=O. The predicted molar refractivity (Wildman–Crippen MR) is 79.2 cm³/mol. The quantitative estimate of drug-likeness (QED) is 0.789. The second kappa shape index (κ2) is 6.89. The Bertz CT molecular complexity index is 723. The molecule has 0 unspecified atom stereocenters. The first-order chi connectivity index (χ1) is 10.5. The van der Waals surface area contributed by atoms with Crippen molar-refractivity contribution in [3.05, 3.63) is 51.3 Å². The first-order valence-electron chi connectivity index (χ1n) is 6.50. The molecular formula is C15H14ClF2NO3. The molecule has 0 saturated carbocycles. The first kappa shape index (κ1) is 16.5. The van der Waals surface area contributed by atoms with E-state index in [1.54, 1.807) is 6.92 Å². The van der Waals surface area contributed by atoms with E-state index in [4.69, 9.17) is 16.3 Å². The van der Waals surface area contributed by atoms with Crippen LogP contribution < -0.4 is 10.3 Å². The van der Waals surface area contributed by atoms with Crippen LogP contribution in [0.4, 0.5) is 8.78 Å². The lowest BCUT2D eigenvalue weighted by atomic mass is 10.1. The zero-order valence-electron chi connectivity index (χ0n) is 12.0. The molecule has 0 N–H and O–H groups in total. The van der Waals surface area contributed by atoms with Crippen LogP contribution in [0.5, 0.6) is 5.75 Å². The average Bonchev–Trinajstić information content (AvgIpc) is 2.48. The van der Waals surface area contributed by atoms with Crippen LogP contribution in [0.15, 0.2) is 29.1 Å². The molecule has 0 amide bonds. The van der Waals surface area contributed by atoms with Crippen molar-refractivity contribution in [3.63, 3.8) is 0 Å². The number of hydrogen-bond donors (Lipinski definition) is 0. The molecule has 4 nitrogen and oxygen atoms in total. The van der Waals surface area contributed by atoms with Crippen LogP contribution in [0.2, 0.25) is 5.02 Å². The summed E-state index contributed by atoms with van der Waals surface area (Å²) in [5.74, 6) is -1.68. The maximum atomic E-state index is 14.3. The lowest BCUT2D eigenvalue weighted by Gasteiger charge is -2.14. The van der Waals surface area contributed by atoms with Crippen LogP contribution in [0, 0.1) is 11.6 Å². The maximum absolute atomic E-state index is 14.3. The molecule has 0 aliphatic heterocycles. The van der Waals surface area contributed by atoms with Gasteiger partial charge in [0.05, 0.1) is 11.3 Å². The standard InChI is InChI=1S/C15H14ClF2NO3/c1-3-19-13(5-4-10(16)15(19)20)14-11(17)6-9(7-12(14)18)22-8-21-2/h4-7H,3,8H2,1-2H3.